The van der Waals surface area contributed by atoms with Crippen molar-refractivity contribution in [3.63, 3.8) is 0 Å². The standard InChI is InChI=1S/C33H33Cl2N3O4S/c1-3-24-14-18-28(19-15-24)38(43(41,42)29-12-8-5-9-13-29)23-32(39)37(22-26-16-17-27(34)21-30(26)35)31(33(40)36-2)20-25-10-6-4-7-11-25/h4-19,21,31H,3,20,22-23H2,1-2H3,(H,36,40)/t31-/m1/s1. The lowest BCUT2D eigenvalue weighted by Gasteiger charge is -2.33. The minimum atomic E-state index is -4.16. The van der Waals surface area contributed by atoms with Crippen LogP contribution in [0.1, 0.15) is 23.6 Å². The summed E-state index contributed by atoms with van der Waals surface area (Å²) in [6.07, 6.45) is 0.974. The zero-order valence-corrected chi connectivity index (χ0v) is 26.2. The number of halogens is 2. The molecule has 4 aromatic rings. The van der Waals surface area contributed by atoms with E-state index in [0.717, 1.165) is 21.9 Å². The van der Waals surface area contributed by atoms with Crippen LogP contribution in [0.5, 0.6) is 0 Å². The highest BCUT2D eigenvalue weighted by Crippen LogP contribution is 2.27. The van der Waals surface area contributed by atoms with Gasteiger partial charge < -0.3 is 10.2 Å². The van der Waals surface area contributed by atoms with E-state index >= 15 is 0 Å². The van der Waals surface area contributed by atoms with E-state index in [-0.39, 0.29) is 17.9 Å². The average Bonchev–Trinajstić information content (AvgIpc) is 3.03. The summed E-state index contributed by atoms with van der Waals surface area (Å²) < 4.78 is 29.1. The fourth-order valence-electron chi connectivity index (χ4n) is 4.70. The van der Waals surface area contributed by atoms with E-state index in [9.17, 15) is 18.0 Å². The van der Waals surface area contributed by atoms with Gasteiger partial charge in [0.15, 0.2) is 0 Å². The van der Waals surface area contributed by atoms with Crippen molar-refractivity contribution in [2.24, 2.45) is 0 Å². The fraction of sp³-hybridized carbons (Fsp3) is 0.212. The number of sulfonamides is 1. The second-order valence-electron chi connectivity index (χ2n) is 9.92. The summed E-state index contributed by atoms with van der Waals surface area (Å²) in [7, 11) is -2.66. The Labute approximate surface area is 263 Å². The molecule has 4 rings (SSSR count). The first-order valence-corrected chi connectivity index (χ1v) is 16.0. The first kappa shape index (κ1) is 32.1. The van der Waals surface area contributed by atoms with Crippen LogP contribution in [0.25, 0.3) is 0 Å². The van der Waals surface area contributed by atoms with Crippen molar-refractivity contribution in [1.82, 2.24) is 10.2 Å². The molecule has 224 valence electrons. The molecule has 2 amide bonds. The zero-order chi connectivity index (χ0) is 31.0. The molecule has 0 aliphatic heterocycles. The molecule has 4 aromatic carbocycles. The van der Waals surface area contributed by atoms with Crippen molar-refractivity contribution in [2.45, 2.75) is 37.2 Å². The van der Waals surface area contributed by atoms with Gasteiger partial charge >= 0.3 is 0 Å². The molecule has 7 nitrogen and oxygen atoms in total. The fourth-order valence-corrected chi connectivity index (χ4v) is 6.60. The van der Waals surface area contributed by atoms with E-state index in [4.69, 9.17) is 23.2 Å². The predicted octanol–water partition coefficient (Wildman–Crippen LogP) is 6.14. The smallest absolute Gasteiger partial charge is 0.264 e. The Kier molecular flexibility index (Phi) is 10.9. The van der Waals surface area contributed by atoms with Crippen LogP contribution in [0.2, 0.25) is 10.0 Å². The first-order chi connectivity index (χ1) is 20.6. The zero-order valence-electron chi connectivity index (χ0n) is 23.9. The average molecular weight is 639 g/mol. The minimum absolute atomic E-state index is 0.0433. The molecule has 0 aromatic heterocycles. The van der Waals surface area contributed by atoms with Crippen LogP contribution in [0.3, 0.4) is 0 Å². The maximum absolute atomic E-state index is 14.3. The normalized spacial score (nSPS) is 11.9. The number of carbonyl (C=O) groups is 2. The van der Waals surface area contributed by atoms with E-state index in [1.54, 1.807) is 48.5 Å². The van der Waals surface area contributed by atoms with Crippen molar-refractivity contribution < 1.29 is 18.0 Å². The molecule has 1 atom stereocenters. The minimum Gasteiger partial charge on any atom is -0.357 e. The Hall–Kier alpha value is -3.85. The van der Waals surface area contributed by atoms with E-state index in [2.05, 4.69) is 5.32 Å². The number of likely N-dealkylation sites (N-methyl/N-ethyl adjacent to an activating group) is 1. The Morgan fingerprint density at radius 2 is 1.47 bits per heavy atom. The third-order valence-electron chi connectivity index (χ3n) is 7.12. The van der Waals surface area contributed by atoms with Crippen molar-refractivity contribution in [3.8, 4) is 0 Å². The van der Waals surface area contributed by atoms with Gasteiger partial charge in [-0.3, -0.25) is 13.9 Å². The van der Waals surface area contributed by atoms with Crippen LogP contribution < -0.4 is 9.62 Å². The number of amides is 2. The summed E-state index contributed by atoms with van der Waals surface area (Å²) in [4.78, 5) is 29.1. The second kappa shape index (κ2) is 14.6. The quantitative estimate of drug-likeness (QED) is 0.202. The molecule has 0 spiro atoms. The largest absolute Gasteiger partial charge is 0.357 e. The topological polar surface area (TPSA) is 86.8 Å². The van der Waals surface area contributed by atoms with Gasteiger partial charge in [-0.05, 0) is 59.5 Å². The predicted molar refractivity (Wildman–Crippen MR) is 172 cm³/mol. The van der Waals surface area contributed by atoms with E-state index in [1.165, 1.54) is 24.1 Å². The molecule has 0 unspecified atom stereocenters. The summed E-state index contributed by atoms with van der Waals surface area (Å²) in [6, 6.07) is 28.3. The van der Waals surface area contributed by atoms with Crippen LogP contribution in [0.4, 0.5) is 5.69 Å². The summed E-state index contributed by atoms with van der Waals surface area (Å²) in [5, 5.41) is 3.41. The van der Waals surface area contributed by atoms with E-state index < -0.39 is 34.4 Å². The lowest BCUT2D eigenvalue weighted by molar-refractivity contribution is -0.139. The van der Waals surface area contributed by atoms with Gasteiger partial charge in [-0.15, -0.1) is 0 Å². The number of hydrogen-bond acceptors (Lipinski definition) is 4. The number of aryl methyl sites for hydroxylation is 1. The number of hydrogen-bond donors (Lipinski definition) is 1. The van der Waals surface area contributed by atoms with Gasteiger partial charge in [0.1, 0.15) is 12.6 Å². The van der Waals surface area contributed by atoms with E-state index in [0.29, 0.717) is 21.3 Å². The van der Waals surface area contributed by atoms with Crippen molar-refractivity contribution in [2.75, 3.05) is 17.9 Å². The van der Waals surface area contributed by atoms with Gasteiger partial charge in [-0.1, -0.05) is 96.9 Å². The molecule has 0 saturated carbocycles. The molecule has 0 bridgehead atoms. The maximum Gasteiger partial charge on any atom is 0.264 e. The number of rotatable bonds is 12. The molecule has 0 aliphatic carbocycles. The Morgan fingerprint density at radius 1 is 0.837 bits per heavy atom. The van der Waals surface area contributed by atoms with Crippen LogP contribution in [-0.4, -0.2) is 44.8 Å². The molecule has 0 heterocycles. The lowest BCUT2D eigenvalue weighted by Crippen LogP contribution is -2.53. The third-order valence-corrected chi connectivity index (χ3v) is 9.49. The van der Waals surface area contributed by atoms with Crippen LogP contribution in [0, 0.1) is 0 Å². The number of benzene rings is 4. The van der Waals surface area contributed by atoms with Crippen LogP contribution in [0.15, 0.2) is 108 Å². The van der Waals surface area contributed by atoms with Gasteiger partial charge in [0, 0.05) is 30.1 Å². The summed E-state index contributed by atoms with van der Waals surface area (Å²) in [5.74, 6) is -0.971. The van der Waals surface area contributed by atoms with Crippen molar-refractivity contribution in [3.05, 3.63) is 130 Å². The molecule has 0 radical (unpaired) electrons. The highest BCUT2D eigenvalue weighted by Gasteiger charge is 2.34. The van der Waals surface area contributed by atoms with Gasteiger partial charge in [-0.25, -0.2) is 8.42 Å². The maximum atomic E-state index is 14.3. The molecular weight excluding hydrogens is 605 g/mol. The van der Waals surface area contributed by atoms with Crippen molar-refractivity contribution in [1.29, 1.82) is 0 Å². The van der Waals surface area contributed by atoms with Crippen LogP contribution >= 0.6 is 23.2 Å². The van der Waals surface area contributed by atoms with Gasteiger partial charge in [-0.2, -0.15) is 0 Å². The Morgan fingerprint density at radius 3 is 2.05 bits per heavy atom. The molecule has 10 heteroatoms. The SMILES string of the molecule is CCc1ccc(N(CC(=O)N(Cc2ccc(Cl)cc2Cl)[C@H](Cc2ccccc2)C(=O)NC)S(=O)(=O)c2ccccc2)cc1. The summed E-state index contributed by atoms with van der Waals surface area (Å²) in [5.41, 5.74) is 2.75. The molecule has 43 heavy (non-hydrogen) atoms. The summed E-state index contributed by atoms with van der Waals surface area (Å²) >= 11 is 12.6. The molecule has 0 saturated heterocycles. The third kappa shape index (κ3) is 7.96. The monoisotopic (exact) mass is 637 g/mol. The van der Waals surface area contributed by atoms with Gasteiger partial charge in [0.2, 0.25) is 11.8 Å². The number of carbonyl (C=O) groups excluding carboxylic acids is 2. The Bertz CT molecular complexity index is 1650. The molecule has 0 aliphatic rings. The van der Waals surface area contributed by atoms with Gasteiger partial charge in [0.05, 0.1) is 10.6 Å². The van der Waals surface area contributed by atoms with Crippen molar-refractivity contribution >= 4 is 50.7 Å². The lowest BCUT2D eigenvalue weighted by atomic mass is 10.0. The number of anilines is 1. The van der Waals surface area contributed by atoms with E-state index in [1.807, 2.05) is 49.4 Å². The highest BCUT2D eigenvalue weighted by molar-refractivity contribution is 7.92. The van der Waals surface area contributed by atoms with Gasteiger partial charge in [0.25, 0.3) is 10.0 Å². The number of nitrogens with one attached hydrogen (secondary N) is 1. The Balaban J connectivity index is 1.80. The highest BCUT2D eigenvalue weighted by atomic mass is 35.5. The summed E-state index contributed by atoms with van der Waals surface area (Å²) in [6.45, 7) is 1.41. The molecule has 0 fully saturated rings. The second-order valence-corrected chi connectivity index (χ2v) is 12.6. The first-order valence-electron chi connectivity index (χ1n) is 13.8. The number of nitrogens with zero attached hydrogens (tertiary/aromatic N) is 2. The molecule has 1 N–H and O–H groups in total. The van der Waals surface area contributed by atoms with Crippen LogP contribution in [-0.2, 0) is 39.0 Å². The molecular formula is C33H33Cl2N3O4S.